The van der Waals surface area contributed by atoms with Crippen LogP contribution in [0.2, 0.25) is 0 Å². The maximum absolute atomic E-state index is 13.1. The molecule has 27 heavy (non-hydrogen) atoms. The molecule has 3 heterocycles. The number of amides is 4. The van der Waals surface area contributed by atoms with Gasteiger partial charge in [-0.15, -0.1) is 0 Å². The Labute approximate surface area is 153 Å². The minimum atomic E-state index is -0.969. The highest BCUT2D eigenvalue weighted by atomic mass is 16.2. The molecule has 0 aliphatic carbocycles. The summed E-state index contributed by atoms with van der Waals surface area (Å²) in [4.78, 5) is 54.9. The zero-order valence-electron chi connectivity index (χ0n) is 14.1. The first-order valence-electron chi connectivity index (χ1n) is 8.58. The molecule has 1 atom stereocenters. The van der Waals surface area contributed by atoms with E-state index in [2.05, 4.69) is 10.3 Å². The second-order valence-electron chi connectivity index (χ2n) is 6.67. The van der Waals surface area contributed by atoms with E-state index < -0.39 is 29.7 Å². The minimum absolute atomic E-state index is 0.0963. The Morgan fingerprint density at radius 2 is 1.78 bits per heavy atom. The van der Waals surface area contributed by atoms with Crippen LogP contribution >= 0.6 is 0 Å². The van der Waals surface area contributed by atoms with Crippen molar-refractivity contribution in [2.24, 2.45) is 0 Å². The molecule has 0 bridgehead atoms. The Hall–Kier alpha value is -3.61. The molecular weight excluding hydrogens is 346 g/mol. The molecule has 1 saturated heterocycles. The van der Waals surface area contributed by atoms with Crippen molar-refractivity contribution >= 4 is 45.3 Å². The highest BCUT2D eigenvalue weighted by molar-refractivity contribution is 6.29. The van der Waals surface area contributed by atoms with E-state index in [1.807, 2.05) is 18.2 Å². The second-order valence-corrected chi connectivity index (χ2v) is 6.67. The number of carbonyl (C=O) groups excluding carboxylic acids is 4. The molecule has 1 N–H and O–H groups in total. The van der Waals surface area contributed by atoms with E-state index in [4.69, 9.17) is 0 Å². The van der Waals surface area contributed by atoms with Crippen molar-refractivity contribution in [2.75, 3.05) is 0 Å². The van der Waals surface area contributed by atoms with Gasteiger partial charge >= 0.3 is 0 Å². The molecular formula is C20H13N3O4. The molecule has 132 valence electrons. The molecule has 0 radical (unpaired) electrons. The predicted molar refractivity (Wildman–Crippen MR) is 95.9 cm³/mol. The number of hydrogen-bond acceptors (Lipinski definition) is 5. The third-order valence-corrected chi connectivity index (χ3v) is 5.17. The summed E-state index contributed by atoms with van der Waals surface area (Å²) in [6, 6.07) is 9.84. The van der Waals surface area contributed by atoms with Crippen LogP contribution in [-0.4, -0.2) is 39.6 Å². The zero-order valence-corrected chi connectivity index (χ0v) is 14.1. The van der Waals surface area contributed by atoms with Gasteiger partial charge in [-0.25, -0.2) is 0 Å². The fourth-order valence-electron chi connectivity index (χ4n) is 3.91. The van der Waals surface area contributed by atoms with E-state index in [9.17, 15) is 19.2 Å². The van der Waals surface area contributed by atoms with E-state index in [-0.39, 0.29) is 24.0 Å². The normalized spacial score (nSPS) is 19.7. The van der Waals surface area contributed by atoms with Crippen LogP contribution in [0.3, 0.4) is 0 Å². The van der Waals surface area contributed by atoms with Crippen LogP contribution in [0.4, 0.5) is 0 Å². The maximum Gasteiger partial charge on any atom is 0.262 e. The van der Waals surface area contributed by atoms with E-state index in [0.29, 0.717) is 5.39 Å². The van der Waals surface area contributed by atoms with E-state index in [1.54, 1.807) is 24.4 Å². The first-order valence-corrected chi connectivity index (χ1v) is 8.58. The van der Waals surface area contributed by atoms with Gasteiger partial charge in [0.25, 0.3) is 11.8 Å². The number of nitrogens with zero attached hydrogens (tertiary/aromatic N) is 2. The molecule has 4 amide bonds. The topological polar surface area (TPSA) is 96.4 Å². The highest BCUT2D eigenvalue weighted by Crippen LogP contribution is 2.35. The van der Waals surface area contributed by atoms with Crippen LogP contribution in [0.1, 0.15) is 33.6 Å². The number of piperidine rings is 1. The smallest absolute Gasteiger partial charge is 0.262 e. The lowest BCUT2D eigenvalue weighted by Gasteiger charge is -2.27. The summed E-state index contributed by atoms with van der Waals surface area (Å²) in [5.41, 5.74) is 1.31. The number of hydrogen-bond donors (Lipinski definition) is 1. The highest BCUT2D eigenvalue weighted by Gasteiger charge is 2.45. The summed E-state index contributed by atoms with van der Waals surface area (Å²) in [6.45, 7) is 0. The third-order valence-electron chi connectivity index (χ3n) is 5.17. The van der Waals surface area contributed by atoms with Crippen molar-refractivity contribution in [2.45, 2.75) is 18.9 Å². The minimum Gasteiger partial charge on any atom is -0.295 e. The number of imide groups is 2. The lowest BCUT2D eigenvalue weighted by atomic mass is 9.98. The summed E-state index contributed by atoms with van der Waals surface area (Å²) in [7, 11) is 0. The molecule has 2 aliphatic rings. The van der Waals surface area contributed by atoms with Gasteiger partial charge in [-0.1, -0.05) is 24.3 Å². The fraction of sp³-hybridized carbons (Fsp3) is 0.150. The fourth-order valence-corrected chi connectivity index (χ4v) is 3.91. The van der Waals surface area contributed by atoms with Crippen LogP contribution in [-0.2, 0) is 9.59 Å². The molecule has 0 spiro atoms. The van der Waals surface area contributed by atoms with Crippen LogP contribution in [0.15, 0.2) is 42.6 Å². The average Bonchev–Trinajstić information content (AvgIpc) is 2.93. The lowest BCUT2D eigenvalue weighted by Crippen LogP contribution is -2.54. The number of nitrogens with one attached hydrogen (secondary N) is 1. The van der Waals surface area contributed by atoms with Gasteiger partial charge in [0.2, 0.25) is 11.8 Å². The molecule has 3 aromatic rings. The van der Waals surface area contributed by atoms with Crippen molar-refractivity contribution in [3.8, 4) is 0 Å². The van der Waals surface area contributed by atoms with Crippen molar-refractivity contribution in [3.05, 3.63) is 53.7 Å². The monoisotopic (exact) mass is 359 g/mol. The molecule has 1 unspecified atom stereocenters. The molecule has 2 aromatic carbocycles. The average molecular weight is 359 g/mol. The standard InChI is InChI=1S/C20H13N3O4/c24-15-8-7-14(18(25)22-15)23-19(26)13-6-5-12-11(16(13)20(23)27)4-3-10-2-1-9-21-17(10)12/h1-6,9,14H,7-8H2,(H,22,24,25). The zero-order chi connectivity index (χ0) is 18.7. The van der Waals surface area contributed by atoms with Crippen molar-refractivity contribution in [1.82, 2.24) is 15.2 Å². The van der Waals surface area contributed by atoms with E-state index in [0.717, 1.165) is 21.2 Å². The summed E-state index contributed by atoms with van der Waals surface area (Å²) >= 11 is 0. The Morgan fingerprint density at radius 3 is 2.59 bits per heavy atom. The SMILES string of the molecule is O=C1CCC(N2C(=O)c3ccc4c(ccc5cccnc54)c3C2=O)C(=O)N1. The Kier molecular flexibility index (Phi) is 3.15. The Balaban J connectivity index is 1.68. The van der Waals surface area contributed by atoms with Crippen LogP contribution < -0.4 is 5.32 Å². The summed E-state index contributed by atoms with van der Waals surface area (Å²) in [5, 5.41) is 4.54. The number of aromatic nitrogens is 1. The maximum atomic E-state index is 13.1. The van der Waals surface area contributed by atoms with Crippen LogP contribution in [0.25, 0.3) is 21.7 Å². The van der Waals surface area contributed by atoms with Crippen molar-refractivity contribution in [3.63, 3.8) is 0 Å². The van der Waals surface area contributed by atoms with Gasteiger partial charge in [0.05, 0.1) is 16.6 Å². The molecule has 1 aromatic heterocycles. The number of pyridine rings is 1. The van der Waals surface area contributed by atoms with Gasteiger partial charge in [0.1, 0.15) is 6.04 Å². The van der Waals surface area contributed by atoms with Gasteiger partial charge in [0.15, 0.2) is 0 Å². The molecule has 2 aliphatic heterocycles. The molecule has 0 saturated carbocycles. The van der Waals surface area contributed by atoms with Gasteiger partial charge in [-0.2, -0.15) is 0 Å². The number of rotatable bonds is 1. The lowest BCUT2D eigenvalue weighted by molar-refractivity contribution is -0.136. The van der Waals surface area contributed by atoms with Crippen molar-refractivity contribution in [1.29, 1.82) is 0 Å². The summed E-state index contributed by atoms with van der Waals surface area (Å²) in [5.74, 6) is -2.02. The van der Waals surface area contributed by atoms with E-state index >= 15 is 0 Å². The predicted octanol–water partition coefficient (Wildman–Crippen LogP) is 1.79. The van der Waals surface area contributed by atoms with E-state index in [1.165, 1.54) is 0 Å². The van der Waals surface area contributed by atoms with Gasteiger partial charge in [0, 0.05) is 23.4 Å². The number of benzene rings is 2. The molecule has 7 nitrogen and oxygen atoms in total. The quantitative estimate of drug-likeness (QED) is 0.528. The number of fused-ring (bicyclic) bond motifs is 5. The summed E-state index contributed by atoms with van der Waals surface area (Å²) in [6.07, 6.45) is 1.91. The molecule has 7 heteroatoms. The first-order chi connectivity index (χ1) is 13.1. The Bertz CT molecular complexity index is 1200. The van der Waals surface area contributed by atoms with Gasteiger partial charge in [-0.05, 0) is 23.9 Å². The first kappa shape index (κ1) is 15.6. The van der Waals surface area contributed by atoms with Gasteiger partial charge < -0.3 is 0 Å². The summed E-state index contributed by atoms with van der Waals surface area (Å²) < 4.78 is 0. The number of carbonyl (C=O) groups is 4. The molecule has 5 rings (SSSR count). The van der Waals surface area contributed by atoms with Gasteiger partial charge in [-0.3, -0.25) is 34.4 Å². The van der Waals surface area contributed by atoms with Crippen LogP contribution in [0, 0.1) is 0 Å². The van der Waals surface area contributed by atoms with Crippen molar-refractivity contribution < 1.29 is 19.2 Å². The second kappa shape index (κ2) is 5.44. The molecule has 1 fully saturated rings. The third kappa shape index (κ3) is 2.11. The van der Waals surface area contributed by atoms with Crippen LogP contribution in [0.5, 0.6) is 0 Å². The Morgan fingerprint density at radius 1 is 0.963 bits per heavy atom. The largest absolute Gasteiger partial charge is 0.295 e.